The predicted octanol–water partition coefficient (Wildman–Crippen LogP) is 0.714. The molecule has 3 nitrogen and oxygen atoms in total. The Balaban J connectivity index is 2.27. The van der Waals surface area contributed by atoms with E-state index in [1.165, 1.54) is 12.1 Å². The minimum absolute atomic E-state index is 0.0771. The molecule has 4 heteroatoms. The number of nitrogens with one attached hydrogen (secondary N) is 1. The van der Waals surface area contributed by atoms with Gasteiger partial charge < -0.3 is 11.1 Å². The average molecular weight is 194 g/mol. The van der Waals surface area contributed by atoms with Crippen LogP contribution < -0.4 is 11.1 Å². The monoisotopic (exact) mass is 194 g/mol. The molecule has 1 amide bonds. The summed E-state index contributed by atoms with van der Waals surface area (Å²) in [5, 5.41) is 2.72. The van der Waals surface area contributed by atoms with Crippen LogP contribution in [0.3, 0.4) is 0 Å². The lowest BCUT2D eigenvalue weighted by atomic mass is 10.0. The molecule has 74 valence electrons. The smallest absolute Gasteiger partial charge is 0.222 e. The summed E-state index contributed by atoms with van der Waals surface area (Å²) in [6.45, 7) is 0. The standard InChI is InChI=1S/C10H11FN2O/c11-7-3-1-2-6(4-7)10-8(12)5-9(14)13-10/h1-4,8,10H,5,12H2,(H,13,14). The molecule has 1 saturated heterocycles. The van der Waals surface area contributed by atoms with Crippen molar-refractivity contribution in [1.82, 2.24) is 5.32 Å². The van der Waals surface area contributed by atoms with E-state index in [-0.39, 0.29) is 23.8 Å². The van der Waals surface area contributed by atoms with Crippen molar-refractivity contribution in [2.75, 3.05) is 0 Å². The van der Waals surface area contributed by atoms with Gasteiger partial charge in [-0.1, -0.05) is 12.1 Å². The van der Waals surface area contributed by atoms with E-state index < -0.39 is 0 Å². The number of hydrogen-bond donors (Lipinski definition) is 2. The second-order valence-electron chi connectivity index (χ2n) is 3.47. The quantitative estimate of drug-likeness (QED) is 0.692. The molecule has 14 heavy (non-hydrogen) atoms. The van der Waals surface area contributed by atoms with Gasteiger partial charge in [0, 0.05) is 12.5 Å². The van der Waals surface area contributed by atoms with Crippen molar-refractivity contribution < 1.29 is 9.18 Å². The van der Waals surface area contributed by atoms with E-state index >= 15 is 0 Å². The zero-order valence-electron chi connectivity index (χ0n) is 7.53. The molecule has 3 N–H and O–H groups in total. The Morgan fingerprint density at radius 1 is 1.50 bits per heavy atom. The molecular formula is C10H11FN2O. The summed E-state index contributed by atoms with van der Waals surface area (Å²) in [6, 6.07) is 5.63. The number of benzene rings is 1. The molecule has 1 heterocycles. The highest BCUT2D eigenvalue weighted by Crippen LogP contribution is 2.23. The van der Waals surface area contributed by atoms with Gasteiger partial charge in [0.05, 0.1) is 6.04 Å². The van der Waals surface area contributed by atoms with Crippen LogP contribution in [0.4, 0.5) is 4.39 Å². The van der Waals surface area contributed by atoms with Gasteiger partial charge in [-0.05, 0) is 17.7 Å². The number of amides is 1. The van der Waals surface area contributed by atoms with Crippen molar-refractivity contribution in [2.24, 2.45) is 5.73 Å². The molecule has 0 aliphatic carbocycles. The zero-order chi connectivity index (χ0) is 10.1. The van der Waals surface area contributed by atoms with Crippen LogP contribution in [0.25, 0.3) is 0 Å². The van der Waals surface area contributed by atoms with E-state index in [0.717, 1.165) is 5.56 Å². The Labute approximate surface area is 81.1 Å². The van der Waals surface area contributed by atoms with Gasteiger partial charge in [0.25, 0.3) is 0 Å². The fourth-order valence-corrected chi connectivity index (χ4v) is 1.70. The van der Waals surface area contributed by atoms with Gasteiger partial charge in [-0.25, -0.2) is 4.39 Å². The highest BCUT2D eigenvalue weighted by Gasteiger charge is 2.30. The van der Waals surface area contributed by atoms with Gasteiger partial charge in [0.15, 0.2) is 0 Å². The van der Waals surface area contributed by atoms with Crippen molar-refractivity contribution in [3.8, 4) is 0 Å². The van der Waals surface area contributed by atoms with E-state index in [9.17, 15) is 9.18 Å². The van der Waals surface area contributed by atoms with E-state index in [1.54, 1.807) is 12.1 Å². The van der Waals surface area contributed by atoms with E-state index in [0.29, 0.717) is 6.42 Å². The van der Waals surface area contributed by atoms with Crippen LogP contribution in [0.5, 0.6) is 0 Å². The maximum atomic E-state index is 12.9. The lowest BCUT2D eigenvalue weighted by Crippen LogP contribution is -2.28. The van der Waals surface area contributed by atoms with Crippen LogP contribution in [0.2, 0.25) is 0 Å². The molecule has 0 spiro atoms. The van der Waals surface area contributed by atoms with Gasteiger partial charge in [0.2, 0.25) is 5.91 Å². The van der Waals surface area contributed by atoms with Crippen LogP contribution in [0, 0.1) is 5.82 Å². The Bertz CT molecular complexity index is 367. The maximum Gasteiger partial charge on any atom is 0.222 e. The first-order chi connectivity index (χ1) is 6.66. The Morgan fingerprint density at radius 2 is 2.29 bits per heavy atom. The molecule has 2 atom stereocenters. The Kier molecular flexibility index (Phi) is 2.21. The summed E-state index contributed by atoms with van der Waals surface area (Å²) in [7, 11) is 0. The molecule has 0 saturated carbocycles. The van der Waals surface area contributed by atoms with E-state index in [2.05, 4.69) is 5.32 Å². The van der Waals surface area contributed by atoms with E-state index in [1.807, 2.05) is 0 Å². The molecule has 1 aromatic rings. The third-order valence-corrected chi connectivity index (χ3v) is 2.37. The normalized spacial score (nSPS) is 26.3. The fourth-order valence-electron chi connectivity index (χ4n) is 1.70. The fraction of sp³-hybridized carbons (Fsp3) is 0.300. The summed E-state index contributed by atoms with van der Waals surface area (Å²) in [5.74, 6) is -0.386. The molecule has 2 unspecified atom stereocenters. The molecule has 0 aromatic heterocycles. The van der Waals surface area contributed by atoms with Crippen LogP contribution in [0.15, 0.2) is 24.3 Å². The third kappa shape index (κ3) is 1.61. The second kappa shape index (κ2) is 3.38. The SMILES string of the molecule is NC1CC(=O)NC1c1cccc(F)c1. The average Bonchev–Trinajstić information content (AvgIpc) is 2.45. The number of rotatable bonds is 1. The predicted molar refractivity (Wildman–Crippen MR) is 49.9 cm³/mol. The summed E-state index contributed by atoms with van der Waals surface area (Å²) < 4.78 is 12.9. The van der Waals surface area contributed by atoms with Gasteiger partial charge in [-0.2, -0.15) is 0 Å². The van der Waals surface area contributed by atoms with E-state index in [4.69, 9.17) is 5.73 Å². The maximum absolute atomic E-state index is 12.9. The summed E-state index contributed by atoms with van der Waals surface area (Å²) in [6.07, 6.45) is 0.307. The largest absolute Gasteiger partial charge is 0.348 e. The molecule has 1 aliphatic heterocycles. The Hall–Kier alpha value is -1.42. The van der Waals surface area contributed by atoms with Crippen molar-refractivity contribution in [1.29, 1.82) is 0 Å². The van der Waals surface area contributed by atoms with Crippen LogP contribution in [0.1, 0.15) is 18.0 Å². The molecule has 1 aromatic carbocycles. The molecule has 0 bridgehead atoms. The second-order valence-corrected chi connectivity index (χ2v) is 3.47. The van der Waals surface area contributed by atoms with Gasteiger partial charge >= 0.3 is 0 Å². The first kappa shape index (κ1) is 9.15. The van der Waals surface area contributed by atoms with Crippen LogP contribution in [-0.4, -0.2) is 11.9 Å². The molecule has 1 aliphatic rings. The summed E-state index contributed by atoms with van der Waals surface area (Å²) >= 11 is 0. The lowest BCUT2D eigenvalue weighted by molar-refractivity contribution is -0.119. The van der Waals surface area contributed by atoms with Crippen molar-refractivity contribution >= 4 is 5.91 Å². The Morgan fingerprint density at radius 3 is 2.86 bits per heavy atom. The first-order valence-electron chi connectivity index (χ1n) is 4.47. The van der Waals surface area contributed by atoms with Gasteiger partial charge in [-0.3, -0.25) is 4.79 Å². The van der Waals surface area contributed by atoms with Gasteiger partial charge in [0.1, 0.15) is 5.82 Å². The highest BCUT2D eigenvalue weighted by molar-refractivity contribution is 5.80. The number of carbonyl (C=O) groups excluding carboxylic acids is 1. The molecular weight excluding hydrogens is 183 g/mol. The molecule has 2 rings (SSSR count). The summed E-state index contributed by atoms with van der Waals surface area (Å²) in [5.41, 5.74) is 6.47. The van der Waals surface area contributed by atoms with Crippen molar-refractivity contribution in [3.63, 3.8) is 0 Å². The van der Waals surface area contributed by atoms with Crippen LogP contribution >= 0.6 is 0 Å². The topological polar surface area (TPSA) is 55.1 Å². The number of hydrogen-bond acceptors (Lipinski definition) is 2. The first-order valence-corrected chi connectivity index (χ1v) is 4.47. The lowest BCUT2D eigenvalue weighted by Gasteiger charge is -2.14. The van der Waals surface area contributed by atoms with Crippen molar-refractivity contribution in [2.45, 2.75) is 18.5 Å². The minimum atomic E-state index is -0.309. The third-order valence-electron chi connectivity index (χ3n) is 2.37. The highest BCUT2D eigenvalue weighted by atomic mass is 19.1. The molecule has 0 radical (unpaired) electrons. The van der Waals surface area contributed by atoms with Crippen LogP contribution in [-0.2, 0) is 4.79 Å². The number of carbonyl (C=O) groups is 1. The number of halogens is 1. The van der Waals surface area contributed by atoms with Crippen molar-refractivity contribution in [3.05, 3.63) is 35.6 Å². The minimum Gasteiger partial charge on any atom is -0.348 e. The summed E-state index contributed by atoms with van der Waals surface area (Å²) in [4.78, 5) is 11.0. The van der Waals surface area contributed by atoms with Gasteiger partial charge in [-0.15, -0.1) is 0 Å². The zero-order valence-corrected chi connectivity index (χ0v) is 7.53. The number of nitrogens with two attached hydrogens (primary N) is 1. The molecule has 1 fully saturated rings.